The van der Waals surface area contributed by atoms with Crippen molar-refractivity contribution in [3.63, 3.8) is 0 Å². The van der Waals surface area contributed by atoms with Gasteiger partial charge in [-0.05, 0) is 60.9 Å². The fraction of sp³-hybridized carbons (Fsp3) is 0.500. The number of carbonyl (C=O) groups is 1. The van der Waals surface area contributed by atoms with Crippen LogP contribution in [0.2, 0.25) is 0 Å². The summed E-state index contributed by atoms with van der Waals surface area (Å²) in [6, 6.07) is 6.23. The van der Waals surface area contributed by atoms with Crippen LogP contribution in [-0.2, 0) is 0 Å². The molecule has 0 spiro atoms. The maximum absolute atomic E-state index is 12.6. The number of hydrogen-bond acceptors (Lipinski definition) is 2. The lowest BCUT2D eigenvalue weighted by Gasteiger charge is -2.35. The summed E-state index contributed by atoms with van der Waals surface area (Å²) in [5.41, 5.74) is 7.72. The molecule has 1 aliphatic heterocycles. The number of nitrogens with two attached hydrogens (primary N) is 1. The Labute approximate surface area is 134 Å². The largest absolute Gasteiger partial charge is 0.334 e. The first-order valence-electron chi connectivity index (χ1n) is 6.40. The van der Waals surface area contributed by atoms with E-state index < -0.39 is 0 Å². The van der Waals surface area contributed by atoms with E-state index in [1.165, 1.54) is 6.42 Å². The molecule has 3 nitrogen and oxygen atoms in total. The van der Waals surface area contributed by atoms with E-state index in [0.717, 1.165) is 34.1 Å². The number of nitrogens with zero attached hydrogens (tertiary/aromatic N) is 1. The molecule has 1 aromatic rings. The molecular weight excluding hydrogens is 375 g/mol. The SMILES string of the molecule is Cc1ccc(I)c(C(=O)N2CCCCC2CN)c1.Cl. The number of aryl methyl sites for hydroxylation is 1. The van der Waals surface area contributed by atoms with Gasteiger partial charge in [0.05, 0.1) is 5.56 Å². The Morgan fingerprint density at radius 3 is 2.89 bits per heavy atom. The first-order chi connectivity index (χ1) is 8.63. The van der Waals surface area contributed by atoms with Crippen LogP contribution in [0.1, 0.15) is 35.2 Å². The second kappa shape index (κ2) is 7.45. The zero-order chi connectivity index (χ0) is 13.1. The van der Waals surface area contributed by atoms with Gasteiger partial charge in [0.15, 0.2) is 0 Å². The van der Waals surface area contributed by atoms with Gasteiger partial charge in [-0.3, -0.25) is 4.79 Å². The van der Waals surface area contributed by atoms with Crippen molar-refractivity contribution in [3.05, 3.63) is 32.9 Å². The van der Waals surface area contributed by atoms with Gasteiger partial charge in [0.2, 0.25) is 0 Å². The Balaban J connectivity index is 0.00000180. The highest BCUT2D eigenvalue weighted by Gasteiger charge is 2.27. The minimum atomic E-state index is 0. The minimum absolute atomic E-state index is 0. The molecule has 2 rings (SSSR count). The molecule has 1 fully saturated rings. The zero-order valence-corrected chi connectivity index (χ0v) is 14.0. The summed E-state index contributed by atoms with van der Waals surface area (Å²) in [5.74, 6) is 0.137. The fourth-order valence-electron chi connectivity index (χ4n) is 2.47. The van der Waals surface area contributed by atoms with Crippen LogP contribution in [0.5, 0.6) is 0 Å². The van der Waals surface area contributed by atoms with Crippen molar-refractivity contribution in [2.75, 3.05) is 13.1 Å². The molecule has 0 aliphatic carbocycles. The van der Waals surface area contributed by atoms with Crippen molar-refractivity contribution in [2.24, 2.45) is 5.73 Å². The van der Waals surface area contributed by atoms with E-state index in [1.54, 1.807) is 0 Å². The van der Waals surface area contributed by atoms with Gasteiger partial charge in [0, 0.05) is 22.7 Å². The van der Waals surface area contributed by atoms with Gasteiger partial charge in [-0.1, -0.05) is 11.6 Å². The second-order valence-electron chi connectivity index (χ2n) is 4.87. The topological polar surface area (TPSA) is 46.3 Å². The molecule has 0 bridgehead atoms. The minimum Gasteiger partial charge on any atom is -0.334 e. The summed E-state index contributed by atoms with van der Waals surface area (Å²) in [6.07, 6.45) is 3.30. The van der Waals surface area contributed by atoms with Crippen molar-refractivity contribution < 1.29 is 4.79 Å². The number of benzene rings is 1. The molecule has 1 aliphatic rings. The van der Waals surface area contributed by atoms with Gasteiger partial charge in [0.1, 0.15) is 0 Å². The van der Waals surface area contributed by atoms with Crippen LogP contribution in [-0.4, -0.2) is 29.9 Å². The molecule has 1 atom stereocenters. The molecule has 0 radical (unpaired) electrons. The molecule has 1 saturated heterocycles. The molecule has 1 unspecified atom stereocenters. The summed E-state index contributed by atoms with van der Waals surface area (Å²) in [4.78, 5) is 14.6. The van der Waals surface area contributed by atoms with Crippen molar-refractivity contribution in [2.45, 2.75) is 32.2 Å². The highest BCUT2D eigenvalue weighted by Crippen LogP contribution is 2.22. The quantitative estimate of drug-likeness (QED) is 0.784. The highest BCUT2D eigenvalue weighted by atomic mass is 127. The Morgan fingerprint density at radius 2 is 2.21 bits per heavy atom. The van der Waals surface area contributed by atoms with Gasteiger partial charge in [0.25, 0.3) is 5.91 Å². The Bertz CT molecular complexity index is 453. The first kappa shape index (κ1) is 16.7. The highest BCUT2D eigenvalue weighted by molar-refractivity contribution is 14.1. The summed E-state index contributed by atoms with van der Waals surface area (Å²) in [6.45, 7) is 3.42. The summed E-state index contributed by atoms with van der Waals surface area (Å²) < 4.78 is 1.02. The van der Waals surface area contributed by atoms with Crippen molar-refractivity contribution >= 4 is 40.9 Å². The van der Waals surface area contributed by atoms with Crippen LogP contribution in [0.15, 0.2) is 18.2 Å². The third kappa shape index (κ3) is 3.83. The Hall–Kier alpha value is -0.330. The number of amides is 1. The number of carbonyl (C=O) groups excluding carboxylic acids is 1. The monoisotopic (exact) mass is 394 g/mol. The zero-order valence-electron chi connectivity index (χ0n) is 11.1. The van der Waals surface area contributed by atoms with Gasteiger partial charge >= 0.3 is 0 Å². The Morgan fingerprint density at radius 1 is 1.47 bits per heavy atom. The lowest BCUT2D eigenvalue weighted by molar-refractivity contribution is 0.0622. The smallest absolute Gasteiger partial charge is 0.255 e. The average molecular weight is 395 g/mol. The first-order valence-corrected chi connectivity index (χ1v) is 7.48. The third-order valence-electron chi connectivity index (χ3n) is 3.51. The summed E-state index contributed by atoms with van der Waals surface area (Å²) >= 11 is 2.23. The van der Waals surface area contributed by atoms with Crippen LogP contribution in [0, 0.1) is 10.5 Å². The van der Waals surface area contributed by atoms with Crippen LogP contribution in [0.4, 0.5) is 0 Å². The van der Waals surface area contributed by atoms with E-state index in [4.69, 9.17) is 5.73 Å². The molecule has 0 saturated carbocycles. The van der Waals surface area contributed by atoms with E-state index in [9.17, 15) is 4.79 Å². The van der Waals surface area contributed by atoms with Crippen LogP contribution in [0.25, 0.3) is 0 Å². The van der Waals surface area contributed by atoms with Gasteiger partial charge < -0.3 is 10.6 Å². The molecule has 5 heteroatoms. The molecule has 2 N–H and O–H groups in total. The van der Waals surface area contributed by atoms with Gasteiger partial charge in [-0.15, -0.1) is 12.4 Å². The summed E-state index contributed by atoms with van der Waals surface area (Å²) in [5, 5.41) is 0. The number of piperidine rings is 1. The molecule has 1 amide bonds. The fourth-order valence-corrected chi connectivity index (χ4v) is 3.04. The molecule has 1 aromatic carbocycles. The molecule has 0 aromatic heterocycles. The van der Waals surface area contributed by atoms with Crippen LogP contribution in [0.3, 0.4) is 0 Å². The lowest BCUT2D eigenvalue weighted by atomic mass is 10.0. The van der Waals surface area contributed by atoms with Crippen LogP contribution < -0.4 is 5.73 Å². The lowest BCUT2D eigenvalue weighted by Crippen LogP contribution is -2.47. The molecule has 106 valence electrons. The number of hydrogen-bond donors (Lipinski definition) is 1. The van der Waals surface area contributed by atoms with Crippen molar-refractivity contribution in [3.8, 4) is 0 Å². The van der Waals surface area contributed by atoms with E-state index in [1.807, 2.05) is 30.0 Å². The van der Waals surface area contributed by atoms with Gasteiger partial charge in [-0.2, -0.15) is 0 Å². The number of halogens is 2. The van der Waals surface area contributed by atoms with E-state index in [2.05, 4.69) is 22.6 Å². The Kier molecular flexibility index (Phi) is 6.56. The normalized spacial score (nSPS) is 18.9. The van der Waals surface area contributed by atoms with Gasteiger partial charge in [-0.25, -0.2) is 0 Å². The molecular formula is C14H20ClIN2O. The predicted molar refractivity (Wildman–Crippen MR) is 88.9 cm³/mol. The number of rotatable bonds is 2. The molecule has 1 heterocycles. The third-order valence-corrected chi connectivity index (χ3v) is 4.45. The number of likely N-dealkylation sites (tertiary alicyclic amines) is 1. The van der Waals surface area contributed by atoms with Crippen molar-refractivity contribution in [1.82, 2.24) is 4.90 Å². The van der Waals surface area contributed by atoms with E-state index >= 15 is 0 Å². The standard InChI is InChI=1S/C14H19IN2O.ClH/c1-10-5-6-13(15)12(8-10)14(18)17-7-3-2-4-11(17)9-16;/h5-6,8,11H,2-4,7,9,16H2,1H3;1H. The molecule has 19 heavy (non-hydrogen) atoms. The van der Waals surface area contributed by atoms with E-state index in [0.29, 0.717) is 6.54 Å². The maximum Gasteiger partial charge on any atom is 0.255 e. The van der Waals surface area contributed by atoms with E-state index in [-0.39, 0.29) is 24.4 Å². The van der Waals surface area contributed by atoms with Crippen molar-refractivity contribution in [1.29, 1.82) is 0 Å². The maximum atomic E-state index is 12.6. The van der Waals surface area contributed by atoms with Crippen LogP contribution >= 0.6 is 35.0 Å². The predicted octanol–water partition coefficient (Wildman–Crippen LogP) is 2.97. The summed E-state index contributed by atoms with van der Waals surface area (Å²) in [7, 11) is 0. The second-order valence-corrected chi connectivity index (χ2v) is 6.03. The average Bonchev–Trinajstić information content (AvgIpc) is 2.40.